The Hall–Kier alpha value is -3.46. The van der Waals surface area contributed by atoms with Gasteiger partial charge in [-0.1, -0.05) is 12.1 Å². The first-order chi connectivity index (χ1) is 13.0. The Balaban J connectivity index is 1.83. The summed E-state index contributed by atoms with van der Waals surface area (Å²) in [5, 5.41) is 24.9. The maximum Gasteiger partial charge on any atom is 0.245 e. The molecule has 0 saturated heterocycles. The quantitative estimate of drug-likeness (QED) is 0.260. The fourth-order valence-electron chi connectivity index (χ4n) is 2.23. The van der Waals surface area contributed by atoms with Crippen LogP contribution in [0, 0.1) is 5.41 Å². The largest absolute Gasteiger partial charge is 0.394 e. The molecule has 0 fully saturated rings. The number of nitrogen functional groups attached to an aromatic ring is 1. The van der Waals surface area contributed by atoms with Gasteiger partial charge in [0.05, 0.1) is 13.2 Å². The molecule has 0 radical (unpaired) electrons. The summed E-state index contributed by atoms with van der Waals surface area (Å²) in [6.07, 6.45) is 3.25. The topological polar surface area (TPSA) is 153 Å². The Labute approximate surface area is 156 Å². The molecule has 1 heterocycles. The number of carbonyl (C=O) groups is 2. The van der Waals surface area contributed by atoms with Crippen molar-refractivity contribution in [1.82, 2.24) is 15.6 Å². The Morgan fingerprint density at radius 3 is 2.59 bits per heavy atom. The van der Waals surface area contributed by atoms with Gasteiger partial charge in [0.1, 0.15) is 11.9 Å². The summed E-state index contributed by atoms with van der Waals surface area (Å²) in [6.45, 7) is -0.346. The first-order valence-electron chi connectivity index (χ1n) is 8.24. The normalized spacial score (nSPS) is 11.3. The van der Waals surface area contributed by atoms with Crippen LogP contribution in [0.1, 0.15) is 11.1 Å². The number of amides is 2. The molecule has 0 aliphatic carbocycles. The van der Waals surface area contributed by atoms with Gasteiger partial charge < -0.3 is 26.8 Å². The Morgan fingerprint density at radius 2 is 1.93 bits per heavy atom. The van der Waals surface area contributed by atoms with Gasteiger partial charge in [0.2, 0.25) is 11.8 Å². The first kappa shape index (κ1) is 19.9. The summed E-state index contributed by atoms with van der Waals surface area (Å²) in [7, 11) is 0. The number of carbonyl (C=O) groups excluding carboxylic acids is 2. The highest BCUT2D eigenvalue weighted by Crippen LogP contribution is 2.11. The van der Waals surface area contributed by atoms with Crippen LogP contribution >= 0.6 is 0 Å². The molecule has 2 rings (SSSR count). The van der Waals surface area contributed by atoms with Crippen molar-refractivity contribution >= 4 is 23.3 Å². The van der Waals surface area contributed by atoms with Crippen LogP contribution in [0.15, 0.2) is 48.8 Å². The number of amidine groups is 1. The number of nitrogens with two attached hydrogens (primary N) is 1. The predicted molar refractivity (Wildman–Crippen MR) is 101 cm³/mol. The van der Waals surface area contributed by atoms with Crippen LogP contribution < -0.4 is 21.7 Å². The molecule has 27 heavy (non-hydrogen) atoms. The molecular formula is C18H22N6O3. The Bertz CT molecular complexity index is 797. The van der Waals surface area contributed by atoms with Crippen molar-refractivity contribution in [3.63, 3.8) is 0 Å². The lowest BCUT2D eigenvalue weighted by Gasteiger charge is -2.17. The van der Waals surface area contributed by atoms with Crippen molar-refractivity contribution < 1.29 is 14.7 Å². The smallest absolute Gasteiger partial charge is 0.245 e. The second kappa shape index (κ2) is 9.88. The van der Waals surface area contributed by atoms with E-state index in [9.17, 15) is 14.7 Å². The molecule has 1 aromatic carbocycles. The fourth-order valence-corrected chi connectivity index (χ4v) is 2.23. The summed E-state index contributed by atoms with van der Waals surface area (Å²) in [5.41, 5.74) is 7.35. The summed E-state index contributed by atoms with van der Waals surface area (Å²) in [4.78, 5) is 27.9. The van der Waals surface area contributed by atoms with Crippen LogP contribution in [-0.4, -0.2) is 46.9 Å². The van der Waals surface area contributed by atoms with Crippen molar-refractivity contribution in [3.8, 4) is 0 Å². The molecule has 0 saturated carbocycles. The zero-order valence-corrected chi connectivity index (χ0v) is 14.6. The van der Waals surface area contributed by atoms with Gasteiger partial charge in [-0.05, 0) is 29.8 Å². The van der Waals surface area contributed by atoms with E-state index in [0.29, 0.717) is 17.8 Å². The van der Waals surface area contributed by atoms with Gasteiger partial charge in [0.15, 0.2) is 0 Å². The molecule has 9 nitrogen and oxygen atoms in total. The average Bonchev–Trinajstić information content (AvgIpc) is 2.69. The van der Waals surface area contributed by atoms with Crippen molar-refractivity contribution in [2.45, 2.75) is 12.6 Å². The minimum absolute atomic E-state index is 0.102. The van der Waals surface area contributed by atoms with Crippen molar-refractivity contribution in [3.05, 3.63) is 59.9 Å². The Morgan fingerprint density at radius 1 is 1.19 bits per heavy atom. The van der Waals surface area contributed by atoms with E-state index < -0.39 is 18.6 Å². The SMILES string of the molecule is N=C(N)c1cccc(NC(CO)C(=O)NCC(=O)NCc2ccncc2)c1. The van der Waals surface area contributed by atoms with Crippen molar-refractivity contribution in [1.29, 1.82) is 5.41 Å². The van der Waals surface area contributed by atoms with Crippen molar-refractivity contribution in [2.24, 2.45) is 5.73 Å². The molecule has 2 amide bonds. The molecule has 1 unspecified atom stereocenters. The van der Waals surface area contributed by atoms with E-state index in [0.717, 1.165) is 5.56 Å². The first-order valence-corrected chi connectivity index (χ1v) is 8.24. The second-order valence-electron chi connectivity index (χ2n) is 5.72. The molecular weight excluding hydrogens is 348 g/mol. The maximum atomic E-state index is 12.2. The van der Waals surface area contributed by atoms with Crippen LogP contribution in [0.3, 0.4) is 0 Å². The monoisotopic (exact) mass is 370 g/mol. The zero-order valence-electron chi connectivity index (χ0n) is 14.6. The number of anilines is 1. The summed E-state index contributed by atoms with van der Waals surface area (Å²) in [5.74, 6) is -0.977. The maximum absolute atomic E-state index is 12.2. The van der Waals surface area contributed by atoms with E-state index in [1.807, 2.05) is 0 Å². The van der Waals surface area contributed by atoms with Gasteiger partial charge in [-0.2, -0.15) is 0 Å². The number of aromatic nitrogens is 1. The van der Waals surface area contributed by atoms with Gasteiger partial charge in [0, 0.05) is 30.2 Å². The third-order valence-corrected chi connectivity index (χ3v) is 3.68. The number of hydrogen-bond acceptors (Lipinski definition) is 6. The average molecular weight is 370 g/mol. The van der Waals surface area contributed by atoms with Crippen molar-refractivity contribution in [2.75, 3.05) is 18.5 Å². The number of aliphatic hydroxyl groups excluding tert-OH is 1. The number of rotatable bonds is 9. The van der Waals surface area contributed by atoms with E-state index >= 15 is 0 Å². The van der Waals surface area contributed by atoms with Crippen LogP contribution in [0.4, 0.5) is 5.69 Å². The molecule has 142 valence electrons. The second-order valence-corrected chi connectivity index (χ2v) is 5.72. The number of nitrogens with zero attached hydrogens (tertiary/aromatic N) is 1. The predicted octanol–water partition coefficient (Wildman–Crippen LogP) is -0.429. The lowest BCUT2D eigenvalue weighted by atomic mass is 10.1. The highest BCUT2D eigenvalue weighted by atomic mass is 16.3. The highest BCUT2D eigenvalue weighted by Gasteiger charge is 2.18. The summed E-state index contributed by atoms with van der Waals surface area (Å²) >= 11 is 0. The number of hydrogen-bond donors (Lipinski definition) is 6. The molecule has 0 spiro atoms. The number of benzene rings is 1. The molecule has 2 aromatic rings. The third-order valence-electron chi connectivity index (χ3n) is 3.68. The number of aliphatic hydroxyl groups is 1. The van der Waals surface area contributed by atoms with Gasteiger partial charge in [0.25, 0.3) is 0 Å². The highest BCUT2D eigenvalue weighted by molar-refractivity contribution is 5.96. The lowest BCUT2D eigenvalue weighted by Crippen LogP contribution is -2.45. The molecule has 7 N–H and O–H groups in total. The molecule has 9 heteroatoms. The van der Waals surface area contributed by atoms with Crippen LogP contribution in [0.5, 0.6) is 0 Å². The standard InChI is InChI=1S/C18H22N6O3/c19-17(20)13-2-1-3-14(8-13)24-15(11-25)18(27)23-10-16(26)22-9-12-4-6-21-7-5-12/h1-8,15,24-25H,9-11H2,(H3,19,20)(H,22,26)(H,23,27). The van der Waals surface area contributed by atoms with Gasteiger partial charge >= 0.3 is 0 Å². The Kier molecular flexibility index (Phi) is 7.26. The minimum Gasteiger partial charge on any atom is -0.394 e. The molecule has 1 atom stereocenters. The van der Waals surface area contributed by atoms with Crippen LogP contribution in [-0.2, 0) is 16.1 Å². The van der Waals surface area contributed by atoms with E-state index in [4.69, 9.17) is 11.1 Å². The molecule has 0 bridgehead atoms. The van der Waals surface area contributed by atoms with Crippen LogP contribution in [0.25, 0.3) is 0 Å². The third kappa shape index (κ3) is 6.40. The van der Waals surface area contributed by atoms with Gasteiger partial charge in [-0.25, -0.2) is 0 Å². The van der Waals surface area contributed by atoms with Crippen LogP contribution in [0.2, 0.25) is 0 Å². The fraction of sp³-hybridized carbons (Fsp3) is 0.222. The molecule has 0 aliphatic rings. The minimum atomic E-state index is -0.944. The molecule has 0 aliphatic heterocycles. The van der Waals surface area contributed by atoms with E-state index in [-0.39, 0.29) is 18.3 Å². The number of pyridine rings is 1. The lowest BCUT2D eigenvalue weighted by molar-refractivity contribution is -0.127. The van der Waals surface area contributed by atoms with E-state index in [1.54, 1.807) is 48.8 Å². The van der Waals surface area contributed by atoms with Gasteiger partial charge in [-0.15, -0.1) is 0 Å². The van der Waals surface area contributed by atoms with Gasteiger partial charge in [-0.3, -0.25) is 20.0 Å². The summed E-state index contributed by atoms with van der Waals surface area (Å²) in [6, 6.07) is 9.23. The number of nitrogens with one attached hydrogen (secondary N) is 4. The zero-order chi connectivity index (χ0) is 19.6. The van der Waals surface area contributed by atoms with E-state index in [1.165, 1.54) is 0 Å². The summed E-state index contributed by atoms with van der Waals surface area (Å²) < 4.78 is 0. The molecule has 1 aromatic heterocycles. The van der Waals surface area contributed by atoms with E-state index in [2.05, 4.69) is 20.9 Å².